The fourth-order valence-electron chi connectivity index (χ4n) is 2.60. The van der Waals surface area contributed by atoms with Crippen molar-refractivity contribution in [1.82, 2.24) is 9.88 Å². The van der Waals surface area contributed by atoms with Gasteiger partial charge in [-0.3, -0.25) is 9.78 Å². The van der Waals surface area contributed by atoms with E-state index in [0.717, 1.165) is 16.7 Å². The molecule has 0 aliphatic rings. The largest absolute Gasteiger partial charge is 0.493 e. The first-order valence-electron chi connectivity index (χ1n) is 8.09. The quantitative estimate of drug-likeness (QED) is 0.877. The number of pyridine rings is 1. The minimum Gasteiger partial charge on any atom is -0.493 e. The fraction of sp³-hybridized carbons (Fsp3) is 0.368. The minimum atomic E-state index is -0.721. The van der Waals surface area contributed by atoms with Crippen LogP contribution in [-0.4, -0.2) is 41.6 Å². The Balaban J connectivity index is 2.63. The van der Waals surface area contributed by atoms with E-state index in [-0.39, 0.29) is 5.91 Å². The molecule has 5 nitrogen and oxygen atoms in total. The van der Waals surface area contributed by atoms with Crippen molar-refractivity contribution in [2.24, 2.45) is 0 Å². The number of rotatable bonds is 5. The highest BCUT2D eigenvalue weighted by Crippen LogP contribution is 2.42. The second-order valence-corrected chi connectivity index (χ2v) is 6.42. The zero-order valence-corrected chi connectivity index (χ0v) is 15.9. The molecule has 1 atom stereocenters. The lowest BCUT2D eigenvalue weighted by Crippen LogP contribution is -2.22. The summed E-state index contributed by atoms with van der Waals surface area (Å²) in [5.41, 5.74) is 3.38. The van der Waals surface area contributed by atoms with E-state index in [1.807, 2.05) is 19.9 Å². The number of aliphatic hydroxyl groups excluding tert-OH is 1. The lowest BCUT2D eigenvalue weighted by atomic mass is 9.95. The molecular formula is C19H23ClN2O3. The Morgan fingerprint density at radius 1 is 1.40 bits per heavy atom. The molecule has 0 saturated carbocycles. The first-order valence-corrected chi connectivity index (χ1v) is 8.47. The SMILES string of the molecule is CCOc1c(C(C)O)cc(Cl)c(C)c1-c1ccc(C(=O)N(C)C)nc1. The molecule has 0 radical (unpaired) electrons. The van der Waals surface area contributed by atoms with Gasteiger partial charge >= 0.3 is 0 Å². The predicted octanol–water partition coefficient (Wildman–Crippen LogP) is 3.86. The molecule has 1 aromatic carbocycles. The number of ether oxygens (including phenoxy) is 1. The summed E-state index contributed by atoms with van der Waals surface area (Å²) in [6, 6.07) is 5.22. The molecule has 2 rings (SSSR count). The number of carbonyl (C=O) groups is 1. The van der Waals surface area contributed by atoms with E-state index < -0.39 is 6.10 Å². The van der Waals surface area contributed by atoms with Crippen molar-refractivity contribution in [3.8, 4) is 16.9 Å². The molecular weight excluding hydrogens is 340 g/mol. The number of halogens is 1. The number of amides is 1. The molecule has 1 heterocycles. The molecule has 0 fully saturated rings. The Hall–Kier alpha value is -2.11. The van der Waals surface area contributed by atoms with Gasteiger partial charge in [0.25, 0.3) is 5.91 Å². The Labute approximate surface area is 153 Å². The predicted molar refractivity (Wildman–Crippen MR) is 99.2 cm³/mol. The molecule has 1 unspecified atom stereocenters. The molecule has 1 N–H and O–H groups in total. The van der Waals surface area contributed by atoms with E-state index in [0.29, 0.717) is 28.6 Å². The molecule has 6 heteroatoms. The maximum absolute atomic E-state index is 12.0. The van der Waals surface area contributed by atoms with Crippen LogP contribution < -0.4 is 4.74 Å². The first-order chi connectivity index (χ1) is 11.8. The van der Waals surface area contributed by atoms with Gasteiger partial charge in [-0.1, -0.05) is 17.7 Å². The molecule has 2 aromatic rings. The third kappa shape index (κ3) is 3.94. The molecule has 0 bridgehead atoms. The smallest absolute Gasteiger partial charge is 0.271 e. The standard InChI is InChI=1S/C19H23ClN2O3/c1-6-25-18-14(12(3)23)9-15(20)11(2)17(18)13-7-8-16(21-10-13)19(24)22(4)5/h7-10,12,23H,6H2,1-5H3. The molecule has 1 aromatic heterocycles. The Kier molecular flexibility index (Phi) is 6.03. The van der Waals surface area contributed by atoms with Crippen LogP contribution in [0.15, 0.2) is 24.4 Å². The lowest BCUT2D eigenvalue weighted by molar-refractivity contribution is 0.0822. The second-order valence-electron chi connectivity index (χ2n) is 6.02. The summed E-state index contributed by atoms with van der Waals surface area (Å²) in [5, 5.41) is 10.6. The molecule has 25 heavy (non-hydrogen) atoms. The van der Waals surface area contributed by atoms with Crippen LogP contribution in [0, 0.1) is 6.92 Å². The van der Waals surface area contributed by atoms with Crippen LogP contribution in [0.4, 0.5) is 0 Å². The van der Waals surface area contributed by atoms with Crippen molar-refractivity contribution in [1.29, 1.82) is 0 Å². The number of aliphatic hydroxyl groups is 1. The molecule has 0 spiro atoms. The summed E-state index contributed by atoms with van der Waals surface area (Å²) in [5.74, 6) is 0.428. The van der Waals surface area contributed by atoms with E-state index in [4.69, 9.17) is 16.3 Å². The zero-order valence-electron chi connectivity index (χ0n) is 15.1. The van der Waals surface area contributed by atoms with Crippen molar-refractivity contribution < 1.29 is 14.6 Å². The van der Waals surface area contributed by atoms with Crippen LogP contribution >= 0.6 is 11.6 Å². The molecule has 1 amide bonds. The Bertz CT molecular complexity index is 771. The Morgan fingerprint density at radius 3 is 2.56 bits per heavy atom. The number of hydrogen-bond donors (Lipinski definition) is 1. The summed E-state index contributed by atoms with van der Waals surface area (Å²) in [6.07, 6.45) is 0.907. The van der Waals surface area contributed by atoms with Gasteiger partial charge in [0, 0.05) is 42.0 Å². The first kappa shape index (κ1) is 19.2. The maximum Gasteiger partial charge on any atom is 0.271 e. The van der Waals surface area contributed by atoms with Crippen LogP contribution in [-0.2, 0) is 0 Å². The maximum atomic E-state index is 12.0. The van der Waals surface area contributed by atoms with E-state index in [1.54, 1.807) is 39.3 Å². The van der Waals surface area contributed by atoms with Gasteiger partial charge in [0.15, 0.2) is 0 Å². The Morgan fingerprint density at radius 2 is 2.08 bits per heavy atom. The monoisotopic (exact) mass is 362 g/mol. The number of hydrogen-bond acceptors (Lipinski definition) is 4. The summed E-state index contributed by atoms with van der Waals surface area (Å²) in [6.45, 7) is 5.91. The van der Waals surface area contributed by atoms with Crippen LogP contribution in [0.3, 0.4) is 0 Å². The van der Waals surface area contributed by atoms with Gasteiger partial charge in [-0.2, -0.15) is 0 Å². The third-order valence-electron chi connectivity index (χ3n) is 3.92. The van der Waals surface area contributed by atoms with Crippen molar-refractivity contribution in [2.45, 2.75) is 26.9 Å². The van der Waals surface area contributed by atoms with Gasteiger partial charge in [-0.05, 0) is 38.5 Å². The van der Waals surface area contributed by atoms with E-state index >= 15 is 0 Å². The van der Waals surface area contributed by atoms with Crippen LogP contribution in [0.2, 0.25) is 5.02 Å². The van der Waals surface area contributed by atoms with Gasteiger partial charge < -0.3 is 14.7 Å². The zero-order chi connectivity index (χ0) is 18.7. The summed E-state index contributed by atoms with van der Waals surface area (Å²) < 4.78 is 5.81. The van der Waals surface area contributed by atoms with Crippen LogP contribution in [0.25, 0.3) is 11.1 Å². The molecule has 0 saturated heterocycles. The van der Waals surface area contributed by atoms with Crippen molar-refractivity contribution >= 4 is 17.5 Å². The fourth-order valence-corrected chi connectivity index (χ4v) is 2.81. The summed E-state index contributed by atoms with van der Waals surface area (Å²) >= 11 is 6.36. The van der Waals surface area contributed by atoms with Gasteiger partial charge in [0.05, 0.1) is 12.7 Å². The number of carbonyl (C=O) groups excluding carboxylic acids is 1. The minimum absolute atomic E-state index is 0.163. The van der Waals surface area contributed by atoms with Gasteiger partial charge in [-0.25, -0.2) is 0 Å². The third-order valence-corrected chi connectivity index (χ3v) is 4.31. The van der Waals surface area contributed by atoms with E-state index in [9.17, 15) is 9.90 Å². The van der Waals surface area contributed by atoms with Crippen LogP contribution in [0.5, 0.6) is 5.75 Å². The van der Waals surface area contributed by atoms with Gasteiger partial charge in [0.1, 0.15) is 11.4 Å². The normalized spacial score (nSPS) is 12.0. The van der Waals surface area contributed by atoms with Gasteiger partial charge in [0.2, 0.25) is 0 Å². The number of aromatic nitrogens is 1. The van der Waals surface area contributed by atoms with Crippen molar-refractivity contribution in [2.75, 3.05) is 20.7 Å². The average molecular weight is 363 g/mol. The van der Waals surface area contributed by atoms with Crippen molar-refractivity contribution in [3.63, 3.8) is 0 Å². The highest BCUT2D eigenvalue weighted by Gasteiger charge is 2.21. The highest BCUT2D eigenvalue weighted by atomic mass is 35.5. The number of benzene rings is 1. The van der Waals surface area contributed by atoms with E-state index in [2.05, 4.69) is 4.98 Å². The number of nitrogens with zero attached hydrogens (tertiary/aromatic N) is 2. The molecule has 0 aliphatic carbocycles. The lowest BCUT2D eigenvalue weighted by Gasteiger charge is -2.20. The molecule has 134 valence electrons. The second kappa shape index (κ2) is 7.85. The summed E-state index contributed by atoms with van der Waals surface area (Å²) in [4.78, 5) is 17.8. The summed E-state index contributed by atoms with van der Waals surface area (Å²) in [7, 11) is 3.36. The average Bonchev–Trinajstić information content (AvgIpc) is 2.57. The topological polar surface area (TPSA) is 62.7 Å². The van der Waals surface area contributed by atoms with Crippen LogP contribution in [0.1, 0.15) is 41.6 Å². The van der Waals surface area contributed by atoms with Crippen molar-refractivity contribution in [3.05, 3.63) is 46.2 Å². The van der Waals surface area contributed by atoms with E-state index in [1.165, 1.54) is 4.90 Å². The highest BCUT2D eigenvalue weighted by molar-refractivity contribution is 6.32. The molecule has 0 aliphatic heterocycles. The van der Waals surface area contributed by atoms with Gasteiger partial charge in [-0.15, -0.1) is 0 Å².